The van der Waals surface area contributed by atoms with Crippen LogP contribution in [0, 0.1) is 0 Å². The smallest absolute Gasteiger partial charge is 0.241 e. The van der Waals surface area contributed by atoms with Gasteiger partial charge in [0.1, 0.15) is 0 Å². The summed E-state index contributed by atoms with van der Waals surface area (Å²) in [5.74, 6) is -0.572. The summed E-state index contributed by atoms with van der Waals surface area (Å²) in [4.78, 5) is 24.3. The van der Waals surface area contributed by atoms with Gasteiger partial charge in [-0.25, -0.2) is 0 Å². The Morgan fingerprint density at radius 2 is 1.77 bits per heavy atom. The summed E-state index contributed by atoms with van der Waals surface area (Å²) in [7, 11) is 0. The van der Waals surface area contributed by atoms with Crippen molar-refractivity contribution in [1.82, 2.24) is 0 Å². The predicted molar refractivity (Wildman–Crippen MR) is 90.9 cm³/mol. The molecule has 0 aromatic heterocycles. The van der Waals surface area contributed by atoms with Gasteiger partial charge in [0.05, 0.1) is 11.7 Å². The third kappa shape index (κ3) is 4.31. The average Bonchev–Trinajstić information content (AvgIpc) is 2.49. The van der Waals surface area contributed by atoms with E-state index in [9.17, 15) is 9.59 Å². The van der Waals surface area contributed by atoms with Gasteiger partial charge in [0.2, 0.25) is 5.91 Å². The van der Waals surface area contributed by atoms with Gasteiger partial charge in [0, 0.05) is 16.1 Å². The van der Waals surface area contributed by atoms with Crippen LogP contribution in [-0.4, -0.2) is 17.7 Å². The van der Waals surface area contributed by atoms with Crippen LogP contribution in [-0.2, 0) is 4.79 Å². The van der Waals surface area contributed by atoms with Crippen LogP contribution in [0.3, 0.4) is 0 Å². The lowest BCUT2D eigenvalue weighted by atomic mass is 10.0. The zero-order valence-corrected chi connectivity index (χ0v) is 13.4. The minimum atomic E-state index is -0.666. The summed E-state index contributed by atoms with van der Waals surface area (Å²) in [5, 5.41) is 3.07. The average molecular weight is 339 g/mol. The number of carbonyl (C=O) groups excluding carboxylic acids is 2. The molecule has 0 radical (unpaired) electrons. The van der Waals surface area contributed by atoms with Gasteiger partial charge in [-0.3, -0.25) is 9.59 Å². The summed E-state index contributed by atoms with van der Waals surface area (Å²) in [5.41, 5.74) is 6.79. The SMILES string of the molecule is CC(N)C(=O)Nc1ccc(Cl)cc1C(=O)c1ccccc1.Cl. The lowest BCUT2D eigenvalue weighted by Crippen LogP contribution is -2.33. The molecule has 0 saturated heterocycles. The Kier molecular flexibility index (Phi) is 6.56. The monoisotopic (exact) mass is 338 g/mol. The molecular formula is C16H16Cl2N2O2. The van der Waals surface area contributed by atoms with Crippen LogP contribution in [0.1, 0.15) is 22.8 Å². The molecule has 116 valence electrons. The first-order valence-corrected chi connectivity index (χ1v) is 6.82. The molecular weight excluding hydrogens is 323 g/mol. The third-order valence-corrected chi connectivity index (χ3v) is 3.17. The third-order valence-electron chi connectivity index (χ3n) is 2.93. The first-order valence-electron chi connectivity index (χ1n) is 6.45. The first-order chi connectivity index (χ1) is 9.99. The van der Waals surface area contributed by atoms with E-state index in [4.69, 9.17) is 17.3 Å². The van der Waals surface area contributed by atoms with Crippen LogP contribution in [0.2, 0.25) is 5.02 Å². The second kappa shape index (κ2) is 7.94. The number of halogens is 2. The Morgan fingerprint density at radius 3 is 2.36 bits per heavy atom. The van der Waals surface area contributed by atoms with Crippen molar-refractivity contribution in [3.05, 3.63) is 64.7 Å². The maximum absolute atomic E-state index is 12.5. The minimum Gasteiger partial charge on any atom is -0.324 e. The lowest BCUT2D eigenvalue weighted by Gasteiger charge is -2.12. The molecule has 1 unspecified atom stereocenters. The molecule has 0 fully saturated rings. The molecule has 2 rings (SSSR count). The maximum Gasteiger partial charge on any atom is 0.241 e. The molecule has 1 atom stereocenters. The van der Waals surface area contributed by atoms with E-state index in [0.717, 1.165) is 0 Å². The van der Waals surface area contributed by atoms with Crippen LogP contribution < -0.4 is 11.1 Å². The molecule has 0 spiro atoms. The van der Waals surface area contributed by atoms with E-state index in [0.29, 0.717) is 21.8 Å². The van der Waals surface area contributed by atoms with Crippen LogP contribution in [0.15, 0.2) is 48.5 Å². The van der Waals surface area contributed by atoms with Crippen molar-refractivity contribution < 1.29 is 9.59 Å². The highest BCUT2D eigenvalue weighted by Crippen LogP contribution is 2.23. The second-order valence-corrected chi connectivity index (χ2v) is 5.10. The fraction of sp³-hybridized carbons (Fsp3) is 0.125. The van der Waals surface area contributed by atoms with Crippen molar-refractivity contribution in [2.75, 3.05) is 5.32 Å². The van der Waals surface area contributed by atoms with Gasteiger partial charge in [-0.15, -0.1) is 12.4 Å². The highest BCUT2D eigenvalue weighted by Gasteiger charge is 2.17. The lowest BCUT2D eigenvalue weighted by molar-refractivity contribution is -0.117. The van der Waals surface area contributed by atoms with E-state index >= 15 is 0 Å². The standard InChI is InChI=1S/C16H15ClN2O2.ClH/c1-10(18)16(21)19-14-8-7-12(17)9-13(14)15(20)11-5-3-2-4-6-11;/h2-10H,18H2,1H3,(H,19,21);1H. The number of anilines is 1. The van der Waals surface area contributed by atoms with Crippen molar-refractivity contribution in [2.24, 2.45) is 5.73 Å². The van der Waals surface area contributed by atoms with Crippen molar-refractivity contribution in [3.8, 4) is 0 Å². The van der Waals surface area contributed by atoms with Crippen LogP contribution in [0.4, 0.5) is 5.69 Å². The summed E-state index contributed by atoms with van der Waals surface area (Å²) in [6.07, 6.45) is 0. The molecule has 6 heteroatoms. The van der Waals surface area contributed by atoms with E-state index in [1.807, 2.05) is 6.07 Å². The van der Waals surface area contributed by atoms with Gasteiger partial charge in [-0.1, -0.05) is 41.9 Å². The molecule has 4 nitrogen and oxygen atoms in total. The molecule has 0 heterocycles. The Morgan fingerprint density at radius 1 is 1.14 bits per heavy atom. The molecule has 0 aliphatic carbocycles. The molecule has 0 bridgehead atoms. The van der Waals surface area contributed by atoms with Crippen molar-refractivity contribution >= 4 is 41.4 Å². The Bertz CT molecular complexity index is 673. The molecule has 0 saturated carbocycles. The number of carbonyl (C=O) groups is 2. The molecule has 2 aromatic rings. The van der Waals surface area contributed by atoms with Crippen LogP contribution in [0.5, 0.6) is 0 Å². The van der Waals surface area contributed by atoms with Gasteiger partial charge in [0.25, 0.3) is 0 Å². The van der Waals surface area contributed by atoms with Crippen molar-refractivity contribution in [1.29, 1.82) is 0 Å². The normalized spacial score (nSPS) is 11.2. The van der Waals surface area contributed by atoms with Gasteiger partial charge in [-0.05, 0) is 25.1 Å². The van der Waals surface area contributed by atoms with E-state index in [1.165, 1.54) is 6.07 Å². The van der Waals surface area contributed by atoms with Crippen LogP contribution >= 0.6 is 24.0 Å². The number of amides is 1. The zero-order valence-electron chi connectivity index (χ0n) is 11.9. The number of nitrogens with two attached hydrogens (primary N) is 1. The quantitative estimate of drug-likeness (QED) is 0.840. The fourth-order valence-electron chi connectivity index (χ4n) is 1.80. The summed E-state index contributed by atoms with van der Waals surface area (Å²) in [6, 6.07) is 12.9. The zero-order chi connectivity index (χ0) is 15.4. The number of benzene rings is 2. The topological polar surface area (TPSA) is 72.2 Å². The van der Waals surface area contributed by atoms with E-state index in [-0.39, 0.29) is 24.1 Å². The van der Waals surface area contributed by atoms with Gasteiger partial charge < -0.3 is 11.1 Å². The molecule has 0 aliphatic heterocycles. The van der Waals surface area contributed by atoms with Gasteiger partial charge in [-0.2, -0.15) is 0 Å². The molecule has 0 aliphatic rings. The number of ketones is 1. The molecule has 22 heavy (non-hydrogen) atoms. The second-order valence-electron chi connectivity index (χ2n) is 4.66. The van der Waals surface area contributed by atoms with E-state index in [2.05, 4.69) is 5.32 Å². The number of hydrogen-bond acceptors (Lipinski definition) is 3. The number of hydrogen-bond donors (Lipinski definition) is 2. The molecule has 1 amide bonds. The Hall–Kier alpha value is -1.88. The van der Waals surface area contributed by atoms with E-state index < -0.39 is 6.04 Å². The van der Waals surface area contributed by atoms with Gasteiger partial charge >= 0.3 is 0 Å². The number of nitrogens with one attached hydrogen (secondary N) is 1. The highest BCUT2D eigenvalue weighted by atomic mass is 35.5. The van der Waals surface area contributed by atoms with Crippen molar-refractivity contribution in [3.63, 3.8) is 0 Å². The van der Waals surface area contributed by atoms with Gasteiger partial charge in [0.15, 0.2) is 5.78 Å². The summed E-state index contributed by atoms with van der Waals surface area (Å²) in [6.45, 7) is 1.57. The van der Waals surface area contributed by atoms with E-state index in [1.54, 1.807) is 43.3 Å². The Labute approximate surface area is 140 Å². The minimum absolute atomic E-state index is 0. The summed E-state index contributed by atoms with van der Waals surface area (Å²) < 4.78 is 0. The Balaban J connectivity index is 0.00000242. The molecule has 3 N–H and O–H groups in total. The maximum atomic E-state index is 12.5. The summed E-state index contributed by atoms with van der Waals surface area (Å²) >= 11 is 5.96. The fourth-order valence-corrected chi connectivity index (χ4v) is 1.98. The first kappa shape index (κ1) is 18.2. The number of rotatable bonds is 4. The molecule has 2 aromatic carbocycles. The highest BCUT2D eigenvalue weighted by molar-refractivity contribution is 6.31. The largest absolute Gasteiger partial charge is 0.324 e. The van der Waals surface area contributed by atoms with Crippen LogP contribution in [0.25, 0.3) is 0 Å². The van der Waals surface area contributed by atoms with Crippen molar-refractivity contribution in [2.45, 2.75) is 13.0 Å². The predicted octanol–water partition coefficient (Wildman–Crippen LogP) is 3.28.